The summed E-state index contributed by atoms with van der Waals surface area (Å²) >= 11 is 0. The lowest BCUT2D eigenvalue weighted by Crippen LogP contribution is -2.48. The summed E-state index contributed by atoms with van der Waals surface area (Å²) in [5.74, 6) is -0.546. The lowest BCUT2D eigenvalue weighted by molar-refractivity contribution is -0.146. The van der Waals surface area contributed by atoms with E-state index in [0.717, 1.165) is 12.8 Å². The molecule has 0 radical (unpaired) electrons. The van der Waals surface area contributed by atoms with E-state index in [1.54, 1.807) is 6.92 Å². The van der Waals surface area contributed by atoms with Crippen molar-refractivity contribution in [3.63, 3.8) is 0 Å². The Bertz CT molecular complexity index is 228. The Balaban J connectivity index is 4.37. The number of Topliss-reactive ketones (excluding diaryl/α,β-unsaturated/α-hetero) is 1. The number of carbonyl (C=O) groups is 2. The summed E-state index contributed by atoms with van der Waals surface area (Å²) in [6.07, 6.45) is 2.32. The van der Waals surface area contributed by atoms with Crippen LogP contribution in [-0.2, 0) is 14.3 Å². The first kappa shape index (κ1) is 14.1. The maximum absolute atomic E-state index is 11.4. The van der Waals surface area contributed by atoms with Gasteiger partial charge in [-0.15, -0.1) is 0 Å². The van der Waals surface area contributed by atoms with Crippen LogP contribution in [0, 0.1) is 0 Å². The molecule has 1 atom stereocenters. The molecule has 0 fully saturated rings. The number of nitrogens with two attached hydrogens (primary N) is 1. The molecule has 0 aromatic rings. The summed E-state index contributed by atoms with van der Waals surface area (Å²) in [7, 11) is 0. The predicted octanol–water partition coefficient (Wildman–Crippen LogP) is 1.42. The summed E-state index contributed by atoms with van der Waals surface area (Å²) in [6, 6.07) is 0. The Kier molecular flexibility index (Phi) is 6.17. The van der Waals surface area contributed by atoms with Gasteiger partial charge in [-0.1, -0.05) is 19.8 Å². The van der Waals surface area contributed by atoms with Crippen LogP contribution < -0.4 is 5.73 Å². The molecule has 0 heterocycles. The standard InChI is InChI=1S/C11H21NO3/c1-4-6-7-11(12,9(3)13)8-10(14)15-5-2/h4-8,12H2,1-3H3. The molecule has 4 nitrogen and oxygen atoms in total. The van der Waals surface area contributed by atoms with Crippen molar-refractivity contribution in [2.45, 2.75) is 52.0 Å². The molecule has 0 rings (SSSR count). The van der Waals surface area contributed by atoms with E-state index in [1.165, 1.54) is 6.92 Å². The molecule has 0 aromatic heterocycles. The number of ketones is 1. The first-order valence-corrected chi connectivity index (χ1v) is 5.41. The monoisotopic (exact) mass is 215 g/mol. The predicted molar refractivity (Wildman–Crippen MR) is 58.4 cm³/mol. The molecule has 4 heteroatoms. The van der Waals surface area contributed by atoms with Crippen LogP contribution in [0.5, 0.6) is 0 Å². The van der Waals surface area contributed by atoms with Gasteiger partial charge in [-0.05, 0) is 20.3 Å². The van der Waals surface area contributed by atoms with Crippen molar-refractivity contribution in [2.24, 2.45) is 5.73 Å². The number of ether oxygens (including phenoxy) is 1. The van der Waals surface area contributed by atoms with Gasteiger partial charge in [0.05, 0.1) is 18.6 Å². The zero-order chi connectivity index (χ0) is 11.9. The van der Waals surface area contributed by atoms with Gasteiger partial charge in [0.15, 0.2) is 0 Å². The van der Waals surface area contributed by atoms with E-state index in [1.807, 2.05) is 6.92 Å². The molecular weight excluding hydrogens is 194 g/mol. The zero-order valence-electron chi connectivity index (χ0n) is 9.84. The first-order chi connectivity index (χ1) is 6.96. The minimum absolute atomic E-state index is 0.0177. The van der Waals surface area contributed by atoms with E-state index in [2.05, 4.69) is 0 Å². The van der Waals surface area contributed by atoms with Crippen LogP contribution in [0.15, 0.2) is 0 Å². The van der Waals surface area contributed by atoms with Crippen LogP contribution in [0.4, 0.5) is 0 Å². The van der Waals surface area contributed by atoms with Gasteiger partial charge < -0.3 is 10.5 Å². The summed E-state index contributed by atoms with van der Waals surface area (Å²) in [4.78, 5) is 22.7. The van der Waals surface area contributed by atoms with Gasteiger partial charge in [0.1, 0.15) is 5.78 Å². The number of hydrogen-bond acceptors (Lipinski definition) is 4. The Labute approximate surface area is 91.2 Å². The summed E-state index contributed by atoms with van der Waals surface area (Å²) in [6.45, 7) is 5.50. The van der Waals surface area contributed by atoms with Crippen LogP contribution >= 0.6 is 0 Å². The third-order valence-corrected chi connectivity index (χ3v) is 2.44. The molecule has 0 spiro atoms. The highest BCUT2D eigenvalue weighted by molar-refractivity contribution is 5.90. The van der Waals surface area contributed by atoms with Crippen LogP contribution in [0.25, 0.3) is 0 Å². The summed E-state index contributed by atoms with van der Waals surface area (Å²) < 4.78 is 4.80. The molecule has 0 aromatic carbocycles. The molecule has 1 unspecified atom stereocenters. The highest BCUT2D eigenvalue weighted by Crippen LogP contribution is 2.17. The highest BCUT2D eigenvalue weighted by atomic mass is 16.5. The number of carbonyl (C=O) groups excluding carboxylic acids is 2. The smallest absolute Gasteiger partial charge is 0.308 e. The van der Waals surface area contributed by atoms with E-state index >= 15 is 0 Å². The third-order valence-electron chi connectivity index (χ3n) is 2.44. The van der Waals surface area contributed by atoms with E-state index < -0.39 is 11.5 Å². The molecule has 0 aliphatic heterocycles. The lowest BCUT2D eigenvalue weighted by Gasteiger charge is -2.25. The van der Waals surface area contributed by atoms with Crippen molar-refractivity contribution in [1.29, 1.82) is 0 Å². The van der Waals surface area contributed by atoms with Crippen LogP contribution in [0.3, 0.4) is 0 Å². The fourth-order valence-electron chi connectivity index (χ4n) is 1.35. The SMILES string of the molecule is CCCCC(N)(CC(=O)OCC)C(C)=O. The van der Waals surface area contributed by atoms with E-state index in [-0.39, 0.29) is 12.2 Å². The quantitative estimate of drug-likeness (QED) is 0.652. The lowest BCUT2D eigenvalue weighted by atomic mass is 9.86. The van der Waals surface area contributed by atoms with Gasteiger partial charge in [-0.2, -0.15) is 0 Å². The van der Waals surface area contributed by atoms with Gasteiger partial charge in [0.25, 0.3) is 0 Å². The Hall–Kier alpha value is -0.900. The molecule has 0 saturated carbocycles. The van der Waals surface area contributed by atoms with Gasteiger partial charge >= 0.3 is 5.97 Å². The maximum atomic E-state index is 11.4. The molecule has 0 bridgehead atoms. The minimum atomic E-state index is -1.04. The number of unbranched alkanes of at least 4 members (excludes halogenated alkanes) is 1. The van der Waals surface area contributed by atoms with E-state index in [0.29, 0.717) is 13.0 Å². The van der Waals surface area contributed by atoms with Crippen LogP contribution in [0.2, 0.25) is 0 Å². The average molecular weight is 215 g/mol. The molecule has 15 heavy (non-hydrogen) atoms. The molecule has 0 aliphatic rings. The molecule has 0 amide bonds. The zero-order valence-corrected chi connectivity index (χ0v) is 9.84. The first-order valence-electron chi connectivity index (χ1n) is 5.41. The molecule has 88 valence electrons. The van der Waals surface area contributed by atoms with Crippen molar-refractivity contribution >= 4 is 11.8 Å². The highest BCUT2D eigenvalue weighted by Gasteiger charge is 2.33. The fraction of sp³-hybridized carbons (Fsp3) is 0.818. The molecular formula is C11H21NO3. The van der Waals surface area contributed by atoms with Crippen molar-refractivity contribution in [3.8, 4) is 0 Å². The Morgan fingerprint density at radius 3 is 2.33 bits per heavy atom. The topological polar surface area (TPSA) is 69.4 Å². The maximum Gasteiger partial charge on any atom is 0.308 e. The van der Waals surface area contributed by atoms with Gasteiger partial charge in [0.2, 0.25) is 0 Å². The number of rotatable bonds is 7. The van der Waals surface area contributed by atoms with E-state index in [4.69, 9.17) is 10.5 Å². The van der Waals surface area contributed by atoms with E-state index in [9.17, 15) is 9.59 Å². The fourth-order valence-corrected chi connectivity index (χ4v) is 1.35. The van der Waals surface area contributed by atoms with Crippen LogP contribution in [0.1, 0.15) is 46.5 Å². The van der Waals surface area contributed by atoms with Crippen molar-refractivity contribution in [2.75, 3.05) is 6.61 Å². The second-order valence-electron chi connectivity index (χ2n) is 3.80. The largest absolute Gasteiger partial charge is 0.466 e. The van der Waals surface area contributed by atoms with Gasteiger partial charge in [-0.3, -0.25) is 9.59 Å². The normalized spacial score (nSPS) is 14.4. The number of hydrogen-bond donors (Lipinski definition) is 1. The second kappa shape index (κ2) is 6.56. The Morgan fingerprint density at radius 2 is 1.93 bits per heavy atom. The van der Waals surface area contributed by atoms with Crippen molar-refractivity contribution in [1.82, 2.24) is 0 Å². The molecule has 2 N–H and O–H groups in total. The molecule has 0 saturated heterocycles. The average Bonchev–Trinajstić information content (AvgIpc) is 2.14. The number of esters is 1. The third kappa shape index (κ3) is 4.93. The van der Waals surface area contributed by atoms with Gasteiger partial charge in [0, 0.05) is 0 Å². The molecule has 0 aliphatic carbocycles. The second-order valence-corrected chi connectivity index (χ2v) is 3.80. The van der Waals surface area contributed by atoms with Crippen molar-refractivity contribution in [3.05, 3.63) is 0 Å². The summed E-state index contributed by atoms with van der Waals surface area (Å²) in [5.41, 5.74) is 4.87. The van der Waals surface area contributed by atoms with Crippen LogP contribution in [-0.4, -0.2) is 23.9 Å². The van der Waals surface area contributed by atoms with Crippen molar-refractivity contribution < 1.29 is 14.3 Å². The van der Waals surface area contributed by atoms with Gasteiger partial charge in [-0.25, -0.2) is 0 Å². The summed E-state index contributed by atoms with van der Waals surface area (Å²) in [5, 5.41) is 0. The Morgan fingerprint density at radius 1 is 1.33 bits per heavy atom. The minimum Gasteiger partial charge on any atom is -0.466 e.